The first kappa shape index (κ1) is 41.1. The van der Waals surface area contributed by atoms with Gasteiger partial charge in [0.1, 0.15) is 0 Å². The van der Waals surface area contributed by atoms with Crippen LogP contribution in [0.4, 0.5) is 0 Å². The first-order chi connectivity index (χ1) is 0. The predicted molar refractivity (Wildman–Crippen MR) is 29.8 cm³/mol. The second kappa shape index (κ2) is 26.8. The zero-order chi connectivity index (χ0) is 0. The molecule has 5 heteroatoms. The maximum atomic E-state index is 0. The van der Waals surface area contributed by atoms with E-state index >= 15 is 0 Å². The van der Waals surface area contributed by atoms with Gasteiger partial charge in [-0.25, -0.2) is 0 Å². The maximum Gasteiger partial charge on any atom is 0.187 e. The molecule has 27 valence electrons. The average Bonchev–Trinajstić information content (AvgIpc) is 0. The SMILES string of the molecule is B.[AlH3].[AlH3].[Ce].[Nb]. The van der Waals surface area contributed by atoms with Crippen LogP contribution in [0, 0.1) is 41.7 Å². The minimum atomic E-state index is 0. The number of rotatable bonds is 0. The van der Waals surface area contributed by atoms with E-state index in [0.717, 1.165) is 0 Å². The van der Waals surface area contributed by atoms with Gasteiger partial charge in [-0.05, 0) is 0 Å². The molecule has 0 aliphatic carbocycles. The van der Waals surface area contributed by atoms with E-state index in [9.17, 15) is 0 Å². The van der Waals surface area contributed by atoms with Crippen LogP contribution in [0.2, 0.25) is 0 Å². The van der Waals surface area contributed by atoms with Crippen LogP contribution >= 0.6 is 0 Å². The fourth-order valence-corrected chi connectivity index (χ4v) is 0. The van der Waals surface area contributed by atoms with Crippen LogP contribution in [-0.2, 0) is 22.4 Å². The van der Waals surface area contributed by atoms with E-state index in [0.29, 0.717) is 0 Å². The average molecular weight is 307 g/mol. The van der Waals surface area contributed by atoms with E-state index in [2.05, 4.69) is 0 Å². The van der Waals surface area contributed by atoms with Gasteiger partial charge < -0.3 is 0 Å². The molecule has 0 saturated carbocycles. The van der Waals surface area contributed by atoms with Crippen LogP contribution in [0.3, 0.4) is 0 Å². The molecule has 0 aromatic heterocycles. The molecular formula is H9Al2BCeNb. The third kappa shape index (κ3) is 18.9. The summed E-state index contributed by atoms with van der Waals surface area (Å²) in [6.45, 7) is 0. The van der Waals surface area contributed by atoms with Crippen LogP contribution in [0.25, 0.3) is 0 Å². The Labute approximate surface area is 105 Å². The first-order valence-corrected chi connectivity index (χ1v) is 0. The summed E-state index contributed by atoms with van der Waals surface area (Å²) >= 11 is 0. The molecule has 0 nitrogen and oxygen atoms in total. The topological polar surface area (TPSA) is 0 Å². The van der Waals surface area contributed by atoms with Crippen LogP contribution in [-0.4, -0.2) is 43.1 Å². The Bertz CT molecular complexity index is 9.61. The standard InChI is InChI=1S/2Al.BH3.Ce.Nb.6H/h;;1H3;;;;;;;;. The van der Waals surface area contributed by atoms with Crippen LogP contribution in [0.5, 0.6) is 0 Å². The minimum Gasteiger partial charge on any atom is 0 e. The molecule has 0 unspecified atom stereocenters. The van der Waals surface area contributed by atoms with Gasteiger partial charge in [0.2, 0.25) is 0 Å². The molecular weight excluding hydrogens is 298 g/mol. The van der Waals surface area contributed by atoms with Crippen molar-refractivity contribution in [2.24, 2.45) is 0 Å². The maximum absolute atomic E-state index is 0. The van der Waals surface area contributed by atoms with Crippen molar-refractivity contribution in [1.29, 1.82) is 0 Å². The summed E-state index contributed by atoms with van der Waals surface area (Å²) in [4.78, 5) is 0. The van der Waals surface area contributed by atoms with E-state index in [1.54, 1.807) is 0 Å². The molecule has 1 radical (unpaired) electrons. The second-order valence-corrected chi connectivity index (χ2v) is 0. The van der Waals surface area contributed by atoms with Gasteiger partial charge >= 0.3 is 0 Å². The van der Waals surface area contributed by atoms with Crippen molar-refractivity contribution >= 4 is 43.1 Å². The molecule has 0 heterocycles. The Morgan fingerprint density at radius 1 is 0.800 bits per heavy atom. The normalized spacial score (nSPS) is 0. The molecule has 0 fully saturated rings. The van der Waals surface area contributed by atoms with Gasteiger partial charge in [-0.2, -0.15) is 0 Å². The Morgan fingerprint density at radius 2 is 0.800 bits per heavy atom. The molecule has 0 aliphatic rings. The summed E-state index contributed by atoms with van der Waals surface area (Å²) in [5.41, 5.74) is 0. The van der Waals surface area contributed by atoms with Crippen molar-refractivity contribution in [3.8, 4) is 0 Å². The fraction of sp³-hybridized carbons (Fsp3) is 0. The molecule has 0 aromatic rings. The van der Waals surface area contributed by atoms with Crippen LogP contribution in [0.1, 0.15) is 0 Å². The largest absolute Gasteiger partial charge is 0.187 e. The summed E-state index contributed by atoms with van der Waals surface area (Å²) < 4.78 is 0. The zero-order valence-corrected chi connectivity index (χ0v) is 6.29. The molecule has 0 N–H and O–H groups in total. The molecule has 0 amide bonds. The van der Waals surface area contributed by atoms with Crippen molar-refractivity contribution in [3.05, 3.63) is 0 Å². The Balaban J connectivity index is 0. The molecule has 0 rings (SSSR count). The Hall–Kier alpha value is 3.25. The van der Waals surface area contributed by atoms with Gasteiger partial charge in [-0.1, -0.05) is 0 Å². The van der Waals surface area contributed by atoms with Gasteiger partial charge in [-0.15, -0.1) is 0 Å². The summed E-state index contributed by atoms with van der Waals surface area (Å²) in [6, 6.07) is 0. The van der Waals surface area contributed by atoms with Gasteiger partial charge in [0.15, 0.2) is 34.7 Å². The monoisotopic (exact) mass is 307 g/mol. The molecule has 0 aliphatic heterocycles. The molecule has 0 bridgehead atoms. The fourth-order valence-electron chi connectivity index (χ4n) is 0. The number of hydrogen-bond acceptors (Lipinski definition) is 0. The van der Waals surface area contributed by atoms with Crippen molar-refractivity contribution < 1.29 is 64.1 Å². The smallest absolute Gasteiger partial charge is 0 e. The Morgan fingerprint density at radius 3 is 0.800 bits per heavy atom. The summed E-state index contributed by atoms with van der Waals surface area (Å²) in [5, 5.41) is 0. The molecule has 0 spiro atoms. The molecule has 0 aromatic carbocycles. The Kier molecular flexibility index (Phi) is 220. The van der Waals surface area contributed by atoms with E-state index in [4.69, 9.17) is 0 Å². The van der Waals surface area contributed by atoms with E-state index < -0.39 is 0 Å². The second-order valence-electron chi connectivity index (χ2n) is 0. The van der Waals surface area contributed by atoms with Crippen LogP contribution in [0.15, 0.2) is 0 Å². The summed E-state index contributed by atoms with van der Waals surface area (Å²) in [7, 11) is 0. The van der Waals surface area contributed by atoms with E-state index in [-0.39, 0.29) is 107 Å². The van der Waals surface area contributed by atoms with E-state index in [1.165, 1.54) is 0 Å². The summed E-state index contributed by atoms with van der Waals surface area (Å²) in [5.74, 6) is 0. The molecule has 0 atom stereocenters. The van der Waals surface area contributed by atoms with Gasteiger partial charge in [-0.3, -0.25) is 0 Å². The third-order valence-electron chi connectivity index (χ3n) is 0. The van der Waals surface area contributed by atoms with Crippen molar-refractivity contribution in [1.82, 2.24) is 0 Å². The van der Waals surface area contributed by atoms with Gasteiger partial charge in [0.25, 0.3) is 0 Å². The zero-order valence-electron chi connectivity index (χ0n) is 0.947. The van der Waals surface area contributed by atoms with Crippen molar-refractivity contribution in [3.63, 3.8) is 0 Å². The first-order valence-electron chi connectivity index (χ1n) is 0. The molecule has 5 heavy (non-hydrogen) atoms. The van der Waals surface area contributed by atoms with Crippen molar-refractivity contribution in [2.45, 2.75) is 0 Å². The summed E-state index contributed by atoms with van der Waals surface area (Å²) in [6.07, 6.45) is 0. The minimum absolute atomic E-state index is 0. The third-order valence-corrected chi connectivity index (χ3v) is 0. The van der Waals surface area contributed by atoms with Crippen LogP contribution < -0.4 is 0 Å². The number of hydrogen-bond donors (Lipinski definition) is 0. The predicted octanol–water partition coefficient (Wildman–Crippen LogP) is -3.55. The quantitative estimate of drug-likeness (QED) is 0.407. The van der Waals surface area contributed by atoms with E-state index in [1.807, 2.05) is 0 Å². The van der Waals surface area contributed by atoms with Gasteiger partial charge in [0.05, 0.1) is 8.41 Å². The van der Waals surface area contributed by atoms with Gasteiger partial charge in [0, 0.05) is 64.1 Å². The molecule has 0 saturated heterocycles. The van der Waals surface area contributed by atoms with Crippen molar-refractivity contribution in [2.75, 3.05) is 0 Å².